The minimum absolute atomic E-state index is 0.0555. The van der Waals surface area contributed by atoms with Gasteiger partial charge in [-0.2, -0.15) is 0 Å². The number of methoxy groups -OCH3 is 2. The Balaban J connectivity index is 2.58. The lowest BCUT2D eigenvalue weighted by atomic mass is 9.78. The van der Waals surface area contributed by atoms with Gasteiger partial charge in [0.15, 0.2) is 11.6 Å². The predicted octanol–water partition coefficient (Wildman–Crippen LogP) is 2.96. The number of Topliss-reactive ketones (excluding diaryl/α,β-unsaturated/α-hetero) is 2. The summed E-state index contributed by atoms with van der Waals surface area (Å²) in [6.45, 7) is 6.44. The monoisotopic (exact) mass is 566 g/mol. The number of ketones is 2. The molecule has 214 valence electrons. The number of carbonyl (C=O) groups excluding carboxylic acids is 3. The highest BCUT2D eigenvalue weighted by Gasteiger charge is 2.43. The van der Waals surface area contributed by atoms with Crippen LogP contribution in [0.5, 0.6) is 0 Å². The number of aryl methyl sites for hydroxylation is 1. The predicted molar refractivity (Wildman–Crippen MR) is 139 cm³/mol. The van der Waals surface area contributed by atoms with Crippen LogP contribution < -0.4 is 0 Å². The van der Waals surface area contributed by atoms with Crippen LogP contribution in [0.15, 0.2) is 41.4 Å². The van der Waals surface area contributed by atoms with E-state index in [1.807, 2.05) is 0 Å². The SMILES string of the molecule is CCOC(=O)CC(=O)c1cc(CC([N+](=O)[O-])C(C)(C)CC(=O)C(OC)OC)n(S(=O)(=O)c2ccc(C)cc2)c1. The first kappa shape index (κ1) is 31.8. The van der Waals surface area contributed by atoms with Gasteiger partial charge >= 0.3 is 5.97 Å². The van der Waals surface area contributed by atoms with Gasteiger partial charge in [0.25, 0.3) is 10.0 Å². The van der Waals surface area contributed by atoms with Crippen molar-refractivity contribution in [2.75, 3.05) is 20.8 Å². The lowest BCUT2D eigenvalue weighted by Gasteiger charge is -2.28. The van der Waals surface area contributed by atoms with E-state index in [-0.39, 0.29) is 29.2 Å². The van der Waals surface area contributed by atoms with Gasteiger partial charge in [0.05, 0.1) is 17.9 Å². The van der Waals surface area contributed by atoms with Gasteiger partial charge in [-0.25, -0.2) is 12.4 Å². The van der Waals surface area contributed by atoms with Crippen molar-refractivity contribution in [3.8, 4) is 0 Å². The number of rotatable bonds is 15. The summed E-state index contributed by atoms with van der Waals surface area (Å²) in [5.74, 6) is -2.01. The van der Waals surface area contributed by atoms with Crippen LogP contribution in [0.4, 0.5) is 0 Å². The maximum Gasteiger partial charge on any atom is 0.313 e. The summed E-state index contributed by atoms with van der Waals surface area (Å²) in [6.07, 6.45) is -1.53. The summed E-state index contributed by atoms with van der Waals surface area (Å²) in [6, 6.07) is 5.74. The van der Waals surface area contributed by atoms with E-state index in [9.17, 15) is 32.9 Å². The molecule has 2 rings (SSSR count). The normalized spacial score (nSPS) is 12.8. The number of hydrogen-bond acceptors (Lipinski definition) is 10. The largest absolute Gasteiger partial charge is 0.466 e. The van der Waals surface area contributed by atoms with Gasteiger partial charge in [0.1, 0.15) is 6.42 Å². The molecule has 1 aromatic heterocycles. The molecular weight excluding hydrogens is 532 g/mol. The molecule has 0 aliphatic rings. The molecule has 2 aromatic rings. The van der Waals surface area contributed by atoms with Crippen LogP contribution in [-0.2, 0) is 40.2 Å². The fraction of sp³-hybridized carbons (Fsp3) is 0.500. The van der Waals surface area contributed by atoms with Crippen molar-refractivity contribution in [2.45, 2.75) is 64.2 Å². The molecule has 0 fully saturated rings. The fourth-order valence-electron chi connectivity index (χ4n) is 4.13. The maximum atomic E-state index is 13.6. The lowest BCUT2D eigenvalue weighted by Crippen LogP contribution is -2.42. The number of ether oxygens (including phenoxy) is 3. The van der Waals surface area contributed by atoms with Crippen molar-refractivity contribution in [3.63, 3.8) is 0 Å². The molecular formula is C26H34N2O10S. The zero-order valence-corrected chi connectivity index (χ0v) is 23.6. The molecule has 1 aromatic carbocycles. The number of aromatic nitrogens is 1. The van der Waals surface area contributed by atoms with Crippen molar-refractivity contribution >= 4 is 27.6 Å². The molecule has 0 N–H and O–H groups in total. The highest BCUT2D eigenvalue weighted by atomic mass is 32.2. The van der Waals surface area contributed by atoms with Crippen LogP contribution in [0.2, 0.25) is 0 Å². The smallest absolute Gasteiger partial charge is 0.313 e. The van der Waals surface area contributed by atoms with Gasteiger partial charge in [0.2, 0.25) is 12.3 Å². The van der Waals surface area contributed by atoms with Crippen molar-refractivity contribution in [1.29, 1.82) is 0 Å². The Hall–Kier alpha value is -3.42. The van der Waals surface area contributed by atoms with Crippen LogP contribution in [0, 0.1) is 22.5 Å². The van der Waals surface area contributed by atoms with Gasteiger partial charge in [-0.15, -0.1) is 0 Å². The summed E-state index contributed by atoms with van der Waals surface area (Å²) in [4.78, 5) is 48.8. The topological polar surface area (TPSA) is 161 Å². The second kappa shape index (κ2) is 13.1. The Morgan fingerprint density at radius 2 is 1.69 bits per heavy atom. The van der Waals surface area contributed by atoms with Crippen LogP contribution in [0.25, 0.3) is 0 Å². The summed E-state index contributed by atoms with van der Waals surface area (Å²) >= 11 is 0. The van der Waals surface area contributed by atoms with E-state index in [4.69, 9.17) is 14.2 Å². The van der Waals surface area contributed by atoms with Crippen molar-refractivity contribution < 1.29 is 41.9 Å². The summed E-state index contributed by atoms with van der Waals surface area (Å²) < 4.78 is 42.7. The minimum atomic E-state index is -4.28. The first-order valence-electron chi connectivity index (χ1n) is 12.1. The molecule has 0 aliphatic heterocycles. The molecule has 1 atom stereocenters. The highest BCUT2D eigenvalue weighted by Crippen LogP contribution is 2.32. The lowest BCUT2D eigenvalue weighted by molar-refractivity contribution is -0.540. The van der Waals surface area contributed by atoms with E-state index in [0.29, 0.717) is 0 Å². The molecule has 13 heteroatoms. The number of nitrogens with zero attached hydrogens (tertiary/aromatic N) is 2. The molecule has 12 nitrogen and oxygen atoms in total. The average molecular weight is 567 g/mol. The quantitative estimate of drug-likeness (QED) is 0.0782. The molecule has 39 heavy (non-hydrogen) atoms. The molecule has 0 amide bonds. The average Bonchev–Trinajstić information content (AvgIpc) is 3.28. The number of nitro groups is 1. The maximum absolute atomic E-state index is 13.6. The first-order chi connectivity index (χ1) is 18.2. The molecule has 0 saturated carbocycles. The van der Waals surface area contributed by atoms with Gasteiger partial charge in [-0.05, 0) is 32.0 Å². The Morgan fingerprint density at radius 3 is 2.21 bits per heavy atom. The van der Waals surface area contributed by atoms with E-state index in [0.717, 1.165) is 15.7 Å². The van der Waals surface area contributed by atoms with E-state index >= 15 is 0 Å². The molecule has 0 bridgehead atoms. The zero-order valence-electron chi connectivity index (χ0n) is 22.8. The second-order valence-electron chi connectivity index (χ2n) is 9.68. The van der Waals surface area contributed by atoms with E-state index < -0.39 is 63.1 Å². The molecule has 0 spiro atoms. The number of esters is 1. The van der Waals surface area contributed by atoms with E-state index in [1.54, 1.807) is 26.0 Å². The molecule has 0 saturated heterocycles. The van der Waals surface area contributed by atoms with Crippen molar-refractivity contribution in [3.05, 3.63) is 63.5 Å². The Morgan fingerprint density at radius 1 is 1.10 bits per heavy atom. The van der Waals surface area contributed by atoms with Gasteiger partial charge in [-0.1, -0.05) is 31.5 Å². The highest BCUT2D eigenvalue weighted by molar-refractivity contribution is 7.90. The van der Waals surface area contributed by atoms with Gasteiger partial charge < -0.3 is 14.2 Å². The number of carbonyl (C=O) groups is 3. The third-order valence-corrected chi connectivity index (χ3v) is 7.98. The van der Waals surface area contributed by atoms with E-state index in [1.165, 1.54) is 46.3 Å². The van der Waals surface area contributed by atoms with Gasteiger partial charge in [-0.3, -0.25) is 24.5 Å². The van der Waals surface area contributed by atoms with Crippen LogP contribution in [-0.4, -0.2) is 68.0 Å². The first-order valence-corrected chi connectivity index (χ1v) is 13.6. The standard InChI is InChI=1S/C26H34N2O10S/c1-7-38-24(31)14-21(29)18-12-19(27(16-18)39(34,35)20-10-8-17(2)9-11-20)13-23(28(32)33)26(3,4)15-22(30)25(36-5)37-6/h8-12,16,23,25H,7,13-15H2,1-6H3. The second-order valence-corrected chi connectivity index (χ2v) is 11.5. The van der Waals surface area contributed by atoms with Gasteiger partial charge in [0, 0.05) is 48.4 Å². The molecule has 1 heterocycles. The van der Waals surface area contributed by atoms with Crippen LogP contribution in [0.1, 0.15) is 55.2 Å². The van der Waals surface area contributed by atoms with Crippen LogP contribution in [0.3, 0.4) is 0 Å². The number of benzene rings is 1. The summed E-state index contributed by atoms with van der Waals surface area (Å²) in [7, 11) is -1.75. The molecule has 0 radical (unpaired) electrons. The van der Waals surface area contributed by atoms with Crippen LogP contribution >= 0.6 is 0 Å². The fourth-order valence-corrected chi connectivity index (χ4v) is 5.52. The Bertz CT molecular complexity index is 1310. The Kier molecular flexibility index (Phi) is 10.7. The summed E-state index contributed by atoms with van der Waals surface area (Å²) in [5, 5.41) is 12.2. The van der Waals surface area contributed by atoms with Crippen molar-refractivity contribution in [1.82, 2.24) is 3.97 Å². The Labute approximate surface area is 227 Å². The molecule has 0 aliphatic carbocycles. The summed E-state index contributed by atoms with van der Waals surface area (Å²) in [5.41, 5.74) is -0.630. The number of hydrogen-bond donors (Lipinski definition) is 0. The third kappa shape index (κ3) is 7.80. The van der Waals surface area contributed by atoms with E-state index in [2.05, 4.69) is 0 Å². The van der Waals surface area contributed by atoms with Crippen molar-refractivity contribution in [2.24, 2.45) is 5.41 Å². The minimum Gasteiger partial charge on any atom is -0.466 e. The zero-order chi connectivity index (χ0) is 29.5. The third-order valence-electron chi connectivity index (χ3n) is 6.25. The molecule has 1 unspecified atom stereocenters.